The summed E-state index contributed by atoms with van der Waals surface area (Å²) in [6, 6.07) is 3.59. The first-order chi connectivity index (χ1) is 7.67. The lowest BCUT2D eigenvalue weighted by atomic mass is 9.97. The molecule has 2 nitrogen and oxygen atoms in total. The van der Waals surface area contributed by atoms with Crippen LogP contribution < -0.4 is 10.1 Å². The molecule has 4 heteroatoms. The smallest absolute Gasteiger partial charge is 0.131 e. The molecule has 2 unspecified atom stereocenters. The van der Waals surface area contributed by atoms with E-state index in [2.05, 4.69) is 12.2 Å². The summed E-state index contributed by atoms with van der Waals surface area (Å²) in [5.41, 5.74) is 1.84. The Hall–Kier alpha value is -0.740. The van der Waals surface area contributed by atoms with Gasteiger partial charge in [0.2, 0.25) is 0 Å². The summed E-state index contributed by atoms with van der Waals surface area (Å²) in [5.74, 6) is 1.18. The van der Waals surface area contributed by atoms with Crippen LogP contribution >= 0.6 is 11.8 Å². The van der Waals surface area contributed by atoms with E-state index in [9.17, 15) is 4.39 Å². The van der Waals surface area contributed by atoms with Crippen molar-refractivity contribution >= 4 is 11.8 Å². The highest BCUT2D eigenvalue weighted by atomic mass is 32.2. The van der Waals surface area contributed by atoms with E-state index in [1.807, 2.05) is 13.1 Å². The molecule has 88 valence electrons. The van der Waals surface area contributed by atoms with Crippen LogP contribution in [-0.4, -0.2) is 19.4 Å². The van der Waals surface area contributed by atoms with Crippen molar-refractivity contribution in [2.45, 2.75) is 24.0 Å². The zero-order valence-corrected chi connectivity index (χ0v) is 10.5. The normalized spacial score (nSPS) is 24.0. The molecule has 1 aliphatic rings. The van der Waals surface area contributed by atoms with Gasteiger partial charge in [-0.25, -0.2) is 4.39 Å². The third kappa shape index (κ3) is 1.92. The van der Waals surface area contributed by atoms with Gasteiger partial charge >= 0.3 is 0 Å². The molecule has 0 saturated carbocycles. The summed E-state index contributed by atoms with van der Waals surface area (Å²) in [6.45, 7) is 2.16. The second-order valence-corrected chi connectivity index (χ2v) is 5.33. The number of hydrogen-bond acceptors (Lipinski definition) is 3. The van der Waals surface area contributed by atoms with Gasteiger partial charge in [0.25, 0.3) is 0 Å². The number of halogens is 1. The number of nitrogens with one attached hydrogen (secondary N) is 1. The molecular weight excluding hydrogens is 225 g/mol. The predicted octanol–water partition coefficient (Wildman–Crippen LogP) is 2.73. The highest BCUT2D eigenvalue weighted by Gasteiger charge is 2.28. The number of hydrogen-bond donors (Lipinski definition) is 1. The maximum absolute atomic E-state index is 13.8. The van der Waals surface area contributed by atoms with Crippen molar-refractivity contribution < 1.29 is 9.13 Å². The summed E-state index contributed by atoms with van der Waals surface area (Å²) < 4.78 is 18.9. The fraction of sp³-hybridized carbons (Fsp3) is 0.500. The lowest BCUT2D eigenvalue weighted by Crippen LogP contribution is -2.29. The Morgan fingerprint density at radius 1 is 1.50 bits per heavy atom. The molecule has 16 heavy (non-hydrogen) atoms. The van der Waals surface area contributed by atoms with Crippen molar-refractivity contribution in [2.24, 2.45) is 0 Å². The van der Waals surface area contributed by atoms with E-state index in [1.54, 1.807) is 18.9 Å². The van der Waals surface area contributed by atoms with Crippen LogP contribution in [-0.2, 0) is 5.75 Å². The highest BCUT2D eigenvalue weighted by molar-refractivity contribution is 7.99. The third-order valence-electron chi connectivity index (χ3n) is 3.05. The first-order valence-electron chi connectivity index (χ1n) is 5.32. The second-order valence-electron chi connectivity index (χ2n) is 3.96. The molecule has 0 saturated heterocycles. The quantitative estimate of drug-likeness (QED) is 0.860. The van der Waals surface area contributed by atoms with Crippen LogP contribution in [0.2, 0.25) is 0 Å². The molecule has 0 aromatic heterocycles. The van der Waals surface area contributed by atoms with E-state index in [0.717, 1.165) is 16.9 Å². The molecule has 1 aromatic rings. The molecule has 2 atom stereocenters. The van der Waals surface area contributed by atoms with Crippen molar-refractivity contribution in [2.75, 3.05) is 14.2 Å². The fourth-order valence-corrected chi connectivity index (χ4v) is 3.34. The average molecular weight is 241 g/mol. The Labute approximate surface area is 99.6 Å². The van der Waals surface area contributed by atoms with Crippen molar-refractivity contribution in [1.29, 1.82) is 0 Å². The second kappa shape index (κ2) is 4.63. The maximum Gasteiger partial charge on any atom is 0.131 e. The number of methoxy groups -OCH3 is 1. The van der Waals surface area contributed by atoms with Crippen molar-refractivity contribution in [3.05, 3.63) is 29.1 Å². The van der Waals surface area contributed by atoms with Crippen LogP contribution in [0.25, 0.3) is 0 Å². The van der Waals surface area contributed by atoms with Gasteiger partial charge in [-0.15, -0.1) is 0 Å². The number of ether oxygens (including phenoxy) is 1. The van der Waals surface area contributed by atoms with Gasteiger partial charge in [-0.1, -0.05) is 6.92 Å². The molecule has 0 fully saturated rings. The number of thioether (sulfide) groups is 1. The van der Waals surface area contributed by atoms with Gasteiger partial charge in [-0.3, -0.25) is 0 Å². The van der Waals surface area contributed by atoms with Gasteiger partial charge in [0, 0.05) is 28.7 Å². The predicted molar refractivity (Wildman–Crippen MR) is 65.5 cm³/mol. The van der Waals surface area contributed by atoms with Gasteiger partial charge in [0.1, 0.15) is 11.6 Å². The van der Waals surface area contributed by atoms with E-state index in [1.165, 1.54) is 6.07 Å². The molecule has 0 aliphatic carbocycles. The molecule has 2 rings (SSSR count). The van der Waals surface area contributed by atoms with Crippen LogP contribution in [0.1, 0.15) is 24.1 Å². The summed E-state index contributed by atoms with van der Waals surface area (Å²) in [7, 11) is 3.48. The average Bonchev–Trinajstić information content (AvgIpc) is 2.28. The highest BCUT2D eigenvalue weighted by Crippen LogP contribution is 2.40. The first kappa shape index (κ1) is 11.7. The third-order valence-corrected chi connectivity index (χ3v) is 4.30. The van der Waals surface area contributed by atoms with E-state index < -0.39 is 0 Å². The lowest BCUT2D eigenvalue weighted by molar-refractivity contribution is 0.408. The van der Waals surface area contributed by atoms with E-state index in [0.29, 0.717) is 11.0 Å². The van der Waals surface area contributed by atoms with E-state index in [-0.39, 0.29) is 11.9 Å². The minimum Gasteiger partial charge on any atom is -0.497 e. The Balaban J connectivity index is 2.50. The molecule has 0 bridgehead atoms. The van der Waals surface area contributed by atoms with Gasteiger partial charge in [-0.05, 0) is 18.7 Å². The SMILES string of the molecule is CNC1c2cc(OC)cc(F)c2CSC1C. The lowest BCUT2D eigenvalue weighted by Gasteiger charge is -2.31. The molecule has 1 heterocycles. The molecular formula is C12H16FNOS. The Morgan fingerprint density at radius 3 is 2.88 bits per heavy atom. The van der Waals surface area contributed by atoms with Crippen LogP contribution in [0, 0.1) is 5.82 Å². The van der Waals surface area contributed by atoms with Gasteiger partial charge in [0.05, 0.1) is 7.11 Å². The van der Waals surface area contributed by atoms with Gasteiger partial charge in [0.15, 0.2) is 0 Å². The number of fused-ring (bicyclic) bond motifs is 1. The standard InChI is InChI=1S/C12H16FNOS/c1-7-12(14-2)9-4-8(15-3)5-11(13)10(9)6-16-7/h4-5,7,12,14H,6H2,1-3H3. The Morgan fingerprint density at radius 2 is 2.25 bits per heavy atom. The van der Waals surface area contributed by atoms with Crippen LogP contribution in [0.15, 0.2) is 12.1 Å². The minimum absolute atomic E-state index is 0.158. The van der Waals surface area contributed by atoms with Crippen molar-refractivity contribution in [1.82, 2.24) is 5.32 Å². The van der Waals surface area contributed by atoms with Crippen molar-refractivity contribution in [3.8, 4) is 5.75 Å². The summed E-state index contributed by atoms with van der Waals surface area (Å²) in [5, 5.41) is 3.69. The van der Waals surface area contributed by atoms with Crippen LogP contribution in [0.4, 0.5) is 4.39 Å². The van der Waals surface area contributed by atoms with Crippen LogP contribution in [0.5, 0.6) is 5.75 Å². The zero-order chi connectivity index (χ0) is 11.7. The largest absolute Gasteiger partial charge is 0.497 e. The zero-order valence-electron chi connectivity index (χ0n) is 9.71. The van der Waals surface area contributed by atoms with E-state index >= 15 is 0 Å². The van der Waals surface area contributed by atoms with E-state index in [4.69, 9.17) is 4.74 Å². The molecule has 0 radical (unpaired) electrons. The minimum atomic E-state index is -0.158. The summed E-state index contributed by atoms with van der Waals surface area (Å²) in [4.78, 5) is 0. The molecule has 1 N–H and O–H groups in total. The van der Waals surface area contributed by atoms with Gasteiger partial charge < -0.3 is 10.1 Å². The Bertz CT molecular complexity index is 397. The maximum atomic E-state index is 13.8. The summed E-state index contributed by atoms with van der Waals surface area (Å²) >= 11 is 1.78. The summed E-state index contributed by atoms with van der Waals surface area (Å²) in [6.07, 6.45) is 0. The first-order valence-corrected chi connectivity index (χ1v) is 6.37. The van der Waals surface area contributed by atoms with Crippen molar-refractivity contribution in [3.63, 3.8) is 0 Å². The monoisotopic (exact) mass is 241 g/mol. The number of benzene rings is 1. The molecule has 1 aromatic carbocycles. The fourth-order valence-electron chi connectivity index (χ4n) is 2.13. The topological polar surface area (TPSA) is 21.3 Å². The molecule has 0 amide bonds. The van der Waals surface area contributed by atoms with Crippen LogP contribution in [0.3, 0.4) is 0 Å². The molecule has 1 aliphatic heterocycles. The molecule has 0 spiro atoms. The Kier molecular flexibility index (Phi) is 3.40. The number of rotatable bonds is 2. The van der Waals surface area contributed by atoms with Gasteiger partial charge in [-0.2, -0.15) is 11.8 Å².